The maximum absolute atomic E-state index is 12.9. The second-order valence-electron chi connectivity index (χ2n) is 7.98. The van der Waals surface area contributed by atoms with E-state index in [1.54, 1.807) is 24.3 Å². The van der Waals surface area contributed by atoms with Gasteiger partial charge in [0.15, 0.2) is 0 Å². The number of hydrogen-bond acceptors (Lipinski definition) is 4. The van der Waals surface area contributed by atoms with E-state index in [9.17, 15) is 14.4 Å². The fourth-order valence-electron chi connectivity index (χ4n) is 3.78. The summed E-state index contributed by atoms with van der Waals surface area (Å²) in [5.41, 5.74) is 8.18. The number of para-hydroxylation sites is 2. The van der Waals surface area contributed by atoms with Gasteiger partial charge in [0, 0.05) is 36.2 Å². The number of carbonyl (C=O) groups excluding carboxylic acids is 3. The Balaban J connectivity index is 1.45. The first-order chi connectivity index (χ1) is 14.5. The van der Waals surface area contributed by atoms with E-state index in [1.807, 2.05) is 24.3 Å². The zero-order valence-corrected chi connectivity index (χ0v) is 16.8. The summed E-state index contributed by atoms with van der Waals surface area (Å²) < 4.78 is 0. The topological polar surface area (TPSA) is 105 Å². The van der Waals surface area contributed by atoms with Crippen molar-refractivity contribution < 1.29 is 14.4 Å². The van der Waals surface area contributed by atoms with E-state index >= 15 is 0 Å². The van der Waals surface area contributed by atoms with Crippen molar-refractivity contribution in [2.75, 3.05) is 28.6 Å². The fourth-order valence-corrected chi connectivity index (χ4v) is 3.78. The molecule has 2 aliphatic rings. The van der Waals surface area contributed by atoms with Crippen LogP contribution in [0, 0.1) is 11.8 Å². The van der Waals surface area contributed by atoms with Gasteiger partial charge in [-0.05, 0) is 56.0 Å². The molecule has 1 heterocycles. The van der Waals surface area contributed by atoms with Crippen molar-refractivity contribution in [2.24, 2.45) is 17.6 Å². The van der Waals surface area contributed by atoms with Crippen LogP contribution < -0.4 is 21.3 Å². The fraction of sp³-hybridized carbons (Fsp3) is 0.348. The van der Waals surface area contributed by atoms with Crippen molar-refractivity contribution >= 4 is 34.8 Å². The Morgan fingerprint density at radius 3 is 2.30 bits per heavy atom. The van der Waals surface area contributed by atoms with Crippen LogP contribution in [0.2, 0.25) is 0 Å². The number of primary amides is 1. The molecular weight excluding hydrogens is 380 g/mol. The molecule has 156 valence electrons. The first-order valence-corrected chi connectivity index (χ1v) is 10.4. The Labute approximate surface area is 175 Å². The molecule has 1 aliphatic carbocycles. The highest BCUT2D eigenvalue weighted by atomic mass is 16.2. The van der Waals surface area contributed by atoms with Gasteiger partial charge in [0.2, 0.25) is 11.8 Å². The molecule has 0 aromatic heterocycles. The maximum atomic E-state index is 12.9. The molecule has 2 aromatic rings. The number of carbonyl (C=O) groups is 3. The van der Waals surface area contributed by atoms with Crippen LogP contribution in [0.1, 0.15) is 36.0 Å². The molecule has 1 saturated carbocycles. The van der Waals surface area contributed by atoms with Gasteiger partial charge in [-0.15, -0.1) is 0 Å². The Bertz CT molecular complexity index is 962. The minimum absolute atomic E-state index is 0.0114. The van der Waals surface area contributed by atoms with Crippen LogP contribution in [0.5, 0.6) is 0 Å². The highest BCUT2D eigenvalue weighted by molar-refractivity contribution is 6.07. The van der Waals surface area contributed by atoms with Crippen LogP contribution >= 0.6 is 0 Å². The normalized spacial score (nSPS) is 16.7. The lowest BCUT2D eigenvalue weighted by molar-refractivity contribution is -0.122. The molecule has 1 saturated heterocycles. The molecule has 1 aliphatic heterocycles. The van der Waals surface area contributed by atoms with E-state index < -0.39 is 0 Å². The van der Waals surface area contributed by atoms with Crippen molar-refractivity contribution in [3.05, 3.63) is 54.1 Å². The molecule has 4 N–H and O–H groups in total. The van der Waals surface area contributed by atoms with Crippen LogP contribution in [-0.4, -0.2) is 30.8 Å². The van der Waals surface area contributed by atoms with Gasteiger partial charge in [0.25, 0.3) is 5.91 Å². The molecule has 0 radical (unpaired) electrons. The van der Waals surface area contributed by atoms with Gasteiger partial charge in [-0.25, -0.2) is 0 Å². The van der Waals surface area contributed by atoms with Crippen LogP contribution in [0.15, 0.2) is 48.5 Å². The van der Waals surface area contributed by atoms with Gasteiger partial charge < -0.3 is 21.3 Å². The van der Waals surface area contributed by atoms with Gasteiger partial charge in [0.1, 0.15) is 0 Å². The quantitative estimate of drug-likeness (QED) is 0.686. The summed E-state index contributed by atoms with van der Waals surface area (Å²) in [5, 5.41) is 5.86. The lowest BCUT2D eigenvalue weighted by atomic mass is 9.96. The van der Waals surface area contributed by atoms with Gasteiger partial charge >= 0.3 is 0 Å². The molecule has 7 heteroatoms. The lowest BCUT2D eigenvalue weighted by Crippen LogP contribution is -2.38. The number of anilines is 3. The molecular formula is C23H26N4O3. The highest BCUT2D eigenvalue weighted by Crippen LogP contribution is 2.31. The van der Waals surface area contributed by atoms with E-state index in [4.69, 9.17) is 5.73 Å². The van der Waals surface area contributed by atoms with Gasteiger partial charge in [0.05, 0.1) is 11.4 Å². The molecule has 4 rings (SSSR count). The van der Waals surface area contributed by atoms with E-state index in [2.05, 4.69) is 15.5 Å². The second-order valence-corrected chi connectivity index (χ2v) is 7.98. The molecule has 2 aromatic carbocycles. The molecule has 7 nitrogen and oxygen atoms in total. The van der Waals surface area contributed by atoms with Crippen molar-refractivity contribution in [1.82, 2.24) is 0 Å². The third-order valence-corrected chi connectivity index (χ3v) is 5.73. The Morgan fingerprint density at radius 1 is 0.867 bits per heavy atom. The number of nitrogens with one attached hydrogen (secondary N) is 2. The summed E-state index contributed by atoms with van der Waals surface area (Å²) in [5.74, 6) is -0.455. The molecule has 2 fully saturated rings. The number of nitrogens with two attached hydrogens (primary N) is 1. The summed E-state index contributed by atoms with van der Waals surface area (Å²) in [6, 6.07) is 14.6. The van der Waals surface area contributed by atoms with Crippen LogP contribution in [0.4, 0.5) is 17.1 Å². The summed E-state index contributed by atoms with van der Waals surface area (Å²) in [6.45, 7) is 1.42. The maximum Gasteiger partial charge on any atom is 0.255 e. The van der Waals surface area contributed by atoms with Crippen LogP contribution in [0.3, 0.4) is 0 Å². The van der Waals surface area contributed by atoms with E-state index in [0.29, 0.717) is 42.9 Å². The van der Waals surface area contributed by atoms with Crippen molar-refractivity contribution in [3.8, 4) is 0 Å². The SMILES string of the molecule is NC(=O)C1CCN(c2ccccc2NC(=O)c2cccc(NC(=O)C3CC3)c2)CC1. The first kappa shape index (κ1) is 19.9. The molecule has 0 bridgehead atoms. The number of hydrogen-bond donors (Lipinski definition) is 3. The van der Waals surface area contributed by atoms with Crippen LogP contribution in [-0.2, 0) is 9.59 Å². The minimum Gasteiger partial charge on any atom is -0.370 e. The lowest BCUT2D eigenvalue weighted by Gasteiger charge is -2.33. The molecule has 3 amide bonds. The molecule has 30 heavy (non-hydrogen) atoms. The summed E-state index contributed by atoms with van der Waals surface area (Å²) in [4.78, 5) is 38.4. The van der Waals surface area contributed by atoms with E-state index in [0.717, 1.165) is 18.5 Å². The number of rotatable bonds is 6. The van der Waals surface area contributed by atoms with Gasteiger partial charge in [-0.2, -0.15) is 0 Å². The predicted molar refractivity (Wildman–Crippen MR) is 116 cm³/mol. The van der Waals surface area contributed by atoms with Crippen molar-refractivity contribution in [2.45, 2.75) is 25.7 Å². The summed E-state index contributed by atoms with van der Waals surface area (Å²) >= 11 is 0. The largest absolute Gasteiger partial charge is 0.370 e. The highest BCUT2D eigenvalue weighted by Gasteiger charge is 2.29. The molecule has 0 unspecified atom stereocenters. The average molecular weight is 406 g/mol. The van der Waals surface area contributed by atoms with Crippen molar-refractivity contribution in [1.29, 1.82) is 0 Å². The number of benzene rings is 2. The van der Waals surface area contributed by atoms with Gasteiger partial charge in [-0.3, -0.25) is 14.4 Å². The molecule has 0 spiro atoms. The third kappa shape index (κ3) is 4.62. The smallest absolute Gasteiger partial charge is 0.255 e. The number of piperidine rings is 1. The zero-order chi connectivity index (χ0) is 21.1. The zero-order valence-electron chi connectivity index (χ0n) is 16.8. The third-order valence-electron chi connectivity index (χ3n) is 5.73. The van der Waals surface area contributed by atoms with E-state index in [-0.39, 0.29) is 29.6 Å². The average Bonchev–Trinajstić information content (AvgIpc) is 3.60. The second kappa shape index (κ2) is 8.57. The van der Waals surface area contributed by atoms with E-state index in [1.165, 1.54) is 0 Å². The predicted octanol–water partition coefficient (Wildman–Crippen LogP) is 2.99. The minimum atomic E-state index is -0.245. The Hall–Kier alpha value is -3.35. The summed E-state index contributed by atoms with van der Waals surface area (Å²) in [7, 11) is 0. The van der Waals surface area contributed by atoms with Crippen molar-refractivity contribution in [3.63, 3.8) is 0 Å². The summed E-state index contributed by atoms with van der Waals surface area (Å²) in [6.07, 6.45) is 3.28. The number of amides is 3. The first-order valence-electron chi connectivity index (χ1n) is 10.4. The van der Waals surface area contributed by atoms with Gasteiger partial charge in [-0.1, -0.05) is 18.2 Å². The molecule has 0 atom stereocenters. The van der Waals surface area contributed by atoms with Crippen LogP contribution in [0.25, 0.3) is 0 Å². The Morgan fingerprint density at radius 2 is 1.60 bits per heavy atom. The monoisotopic (exact) mass is 406 g/mol. The number of nitrogens with zero attached hydrogens (tertiary/aromatic N) is 1. The standard InChI is InChI=1S/C23H26N4O3/c24-21(28)15-10-12-27(13-11-15)20-7-2-1-6-19(20)26-23(30)17-4-3-5-18(14-17)25-22(29)16-8-9-16/h1-7,14-16H,8-13H2,(H2,24,28)(H,25,29)(H,26,30). The Kier molecular flexibility index (Phi) is 5.70.